The first-order chi connectivity index (χ1) is 12.0. The minimum absolute atomic E-state index is 0.230. The van der Waals surface area contributed by atoms with E-state index in [1.807, 2.05) is 6.92 Å². The molecule has 2 aliphatic rings. The molecule has 140 valence electrons. The summed E-state index contributed by atoms with van der Waals surface area (Å²) in [7, 11) is 1.74. The Morgan fingerprint density at radius 2 is 2.12 bits per heavy atom. The first kappa shape index (κ1) is 18.5. The van der Waals surface area contributed by atoms with Crippen LogP contribution < -0.4 is 14.8 Å². The van der Waals surface area contributed by atoms with Crippen molar-refractivity contribution >= 4 is 0 Å². The van der Waals surface area contributed by atoms with Crippen LogP contribution in [0.3, 0.4) is 0 Å². The molecule has 1 fully saturated rings. The number of nitrogens with one attached hydrogen (secondary N) is 1. The van der Waals surface area contributed by atoms with Crippen molar-refractivity contribution in [3.05, 3.63) is 23.3 Å². The highest BCUT2D eigenvalue weighted by Gasteiger charge is 2.22. The number of methoxy groups -OCH3 is 1. The van der Waals surface area contributed by atoms with Gasteiger partial charge in [-0.15, -0.1) is 0 Å². The summed E-state index contributed by atoms with van der Waals surface area (Å²) in [4.78, 5) is 2.36. The van der Waals surface area contributed by atoms with Gasteiger partial charge in [0, 0.05) is 30.6 Å². The molecule has 0 unspecified atom stereocenters. The lowest BCUT2D eigenvalue weighted by atomic mass is 9.96. The molecule has 3 rings (SSSR count). The SMILES string of the molecule is COc1cc2c(cc1CNCC1CCN(C[C@H](C)O)CC1)O[C@H](C)C2. The van der Waals surface area contributed by atoms with Gasteiger partial charge in [-0.25, -0.2) is 0 Å². The molecular formula is C20H32N2O3. The lowest BCUT2D eigenvalue weighted by Crippen LogP contribution is -2.40. The van der Waals surface area contributed by atoms with Crippen molar-refractivity contribution in [2.24, 2.45) is 5.92 Å². The highest BCUT2D eigenvalue weighted by Crippen LogP contribution is 2.35. The summed E-state index contributed by atoms with van der Waals surface area (Å²) >= 11 is 0. The molecular weight excluding hydrogens is 316 g/mol. The fourth-order valence-electron chi connectivity index (χ4n) is 3.97. The molecule has 2 atom stereocenters. The number of ether oxygens (including phenoxy) is 2. The Hall–Kier alpha value is -1.30. The predicted molar refractivity (Wildman–Crippen MR) is 99.3 cm³/mol. The molecule has 0 aromatic heterocycles. The minimum atomic E-state index is -0.230. The number of β-amino-alcohol motifs (C(OH)–C–C–N with tert-alkyl or cyclic N) is 1. The monoisotopic (exact) mass is 348 g/mol. The van der Waals surface area contributed by atoms with Crippen molar-refractivity contribution in [3.63, 3.8) is 0 Å². The molecule has 0 spiro atoms. The van der Waals surface area contributed by atoms with E-state index in [-0.39, 0.29) is 12.2 Å². The lowest BCUT2D eigenvalue weighted by Gasteiger charge is -2.32. The number of likely N-dealkylation sites (tertiary alicyclic amines) is 1. The van der Waals surface area contributed by atoms with Crippen molar-refractivity contribution in [2.45, 2.75) is 51.9 Å². The van der Waals surface area contributed by atoms with E-state index in [1.54, 1.807) is 7.11 Å². The van der Waals surface area contributed by atoms with Gasteiger partial charge in [0.05, 0.1) is 13.2 Å². The zero-order chi connectivity index (χ0) is 17.8. The lowest BCUT2D eigenvalue weighted by molar-refractivity contribution is 0.0998. The maximum atomic E-state index is 9.49. The number of nitrogens with zero attached hydrogens (tertiary/aromatic N) is 1. The van der Waals surface area contributed by atoms with Gasteiger partial charge in [-0.2, -0.15) is 0 Å². The predicted octanol–water partition coefficient (Wildman–Crippen LogP) is 2.20. The standard InChI is InChI=1S/C20H32N2O3/c1-14(23)13-22-6-4-16(5-7-22)11-21-12-18-10-20-17(8-15(2)25-20)9-19(18)24-3/h9-10,14-16,21,23H,4-8,11-13H2,1-3H3/t14-,15+/m0/s1. The quantitative estimate of drug-likeness (QED) is 0.791. The smallest absolute Gasteiger partial charge is 0.123 e. The van der Waals surface area contributed by atoms with Crippen molar-refractivity contribution in [1.29, 1.82) is 0 Å². The Labute approximate surface area is 151 Å². The highest BCUT2D eigenvalue weighted by atomic mass is 16.5. The van der Waals surface area contributed by atoms with Gasteiger partial charge in [0.2, 0.25) is 0 Å². The van der Waals surface area contributed by atoms with Crippen LogP contribution in [0.2, 0.25) is 0 Å². The number of rotatable bonds is 7. The summed E-state index contributed by atoms with van der Waals surface area (Å²) < 4.78 is 11.5. The summed E-state index contributed by atoms with van der Waals surface area (Å²) in [5, 5.41) is 13.1. The number of hydrogen-bond acceptors (Lipinski definition) is 5. The van der Waals surface area contributed by atoms with Gasteiger partial charge in [-0.1, -0.05) is 0 Å². The number of hydrogen-bond donors (Lipinski definition) is 2. The molecule has 0 aliphatic carbocycles. The number of fused-ring (bicyclic) bond motifs is 1. The molecule has 1 aromatic rings. The van der Waals surface area contributed by atoms with Gasteiger partial charge < -0.3 is 24.8 Å². The van der Waals surface area contributed by atoms with Crippen molar-refractivity contribution in [3.8, 4) is 11.5 Å². The van der Waals surface area contributed by atoms with Crippen molar-refractivity contribution in [2.75, 3.05) is 33.3 Å². The summed E-state index contributed by atoms with van der Waals surface area (Å²) in [6.07, 6.45) is 3.38. The fourth-order valence-corrected chi connectivity index (χ4v) is 3.97. The largest absolute Gasteiger partial charge is 0.496 e. The topological polar surface area (TPSA) is 54.0 Å². The van der Waals surface area contributed by atoms with Crippen molar-refractivity contribution < 1.29 is 14.6 Å². The Morgan fingerprint density at radius 1 is 1.36 bits per heavy atom. The van der Waals surface area contributed by atoms with Gasteiger partial charge >= 0.3 is 0 Å². The number of aliphatic hydroxyl groups excluding tert-OH is 1. The number of aliphatic hydroxyl groups is 1. The highest BCUT2D eigenvalue weighted by molar-refractivity contribution is 5.48. The molecule has 1 aromatic carbocycles. The summed E-state index contributed by atoms with van der Waals surface area (Å²) in [5.74, 6) is 2.68. The molecule has 1 saturated heterocycles. The van der Waals surface area contributed by atoms with Crippen LogP contribution in [0.4, 0.5) is 0 Å². The van der Waals surface area contributed by atoms with E-state index < -0.39 is 0 Å². The maximum absolute atomic E-state index is 9.49. The van der Waals surface area contributed by atoms with E-state index in [9.17, 15) is 5.11 Å². The Morgan fingerprint density at radius 3 is 2.80 bits per heavy atom. The third-order valence-corrected chi connectivity index (χ3v) is 5.28. The van der Waals surface area contributed by atoms with Crippen LogP contribution in [-0.2, 0) is 13.0 Å². The van der Waals surface area contributed by atoms with E-state index in [4.69, 9.17) is 9.47 Å². The third kappa shape index (κ3) is 4.87. The zero-order valence-corrected chi connectivity index (χ0v) is 15.8. The van der Waals surface area contributed by atoms with Crippen LogP contribution in [0, 0.1) is 5.92 Å². The molecule has 2 heterocycles. The van der Waals surface area contributed by atoms with E-state index in [0.29, 0.717) is 5.92 Å². The summed E-state index contributed by atoms with van der Waals surface area (Å²) in [6, 6.07) is 4.26. The average molecular weight is 348 g/mol. The molecule has 5 nitrogen and oxygen atoms in total. The minimum Gasteiger partial charge on any atom is -0.496 e. The van der Waals surface area contributed by atoms with Crippen LogP contribution >= 0.6 is 0 Å². The Kier molecular flexibility index (Phi) is 6.20. The van der Waals surface area contributed by atoms with E-state index in [0.717, 1.165) is 50.6 Å². The van der Waals surface area contributed by atoms with Gasteiger partial charge in [-0.3, -0.25) is 0 Å². The van der Waals surface area contributed by atoms with Crippen LogP contribution in [0.1, 0.15) is 37.8 Å². The second-order valence-electron chi connectivity index (χ2n) is 7.63. The zero-order valence-electron chi connectivity index (χ0n) is 15.8. The summed E-state index contributed by atoms with van der Waals surface area (Å²) in [6.45, 7) is 8.78. The second kappa shape index (κ2) is 8.39. The van der Waals surface area contributed by atoms with E-state index >= 15 is 0 Å². The van der Waals surface area contributed by atoms with Gasteiger partial charge in [0.1, 0.15) is 17.6 Å². The fraction of sp³-hybridized carbons (Fsp3) is 0.700. The molecule has 0 radical (unpaired) electrons. The Balaban J connectivity index is 1.47. The third-order valence-electron chi connectivity index (χ3n) is 5.28. The molecule has 2 aliphatic heterocycles. The summed E-state index contributed by atoms with van der Waals surface area (Å²) in [5.41, 5.74) is 2.42. The average Bonchev–Trinajstić information content (AvgIpc) is 2.94. The number of piperidine rings is 1. The molecule has 0 amide bonds. The van der Waals surface area contributed by atoms with Crippen LogP contribution in [0.5, 0.6) is 11.5 Å². The molecule has 25 heavy (non-hydrogen) atoms. The molecule has 5 heteroatoms. The second-order valence-corrected chi connectivity index (χ2v) is 7.63. The van der Waals surface area contributed by atoms with E-state index in [2.05, 4.69) is 29.3 Å². The van der Waals surface area contributed by atoms with E-state index in [1.165, 1.54) is 24.0 Å². The van der Waals surface area contributed by atoms with Crippen LogP contribution in [0.15, 0.2) is 12.1 Å². The molecule has 0 bridgehead atoms. The van der Waals surface area contributed by atoms with Crippen LogP contribution in [0.25, 0.3) is 0 Å². The first-order valence-electron chi connectivity index (χ1n) is 9.52. The molecule has 0 saturated carbocycles. The van der Waals surface area contributed by atoms with Crippen LogP contribution in [-0.4, -0.2) is 55.5 Å². The van der Waals surface area contributed by atoms with Gasteiger partial charge in [0.25, 0.3) is 0 Å². The van der Waals surface area contributed by atoms with Gasteiger partial charge in [0.15, 0.2) is 0 Å². The van der Waals surface area contributed by atoms with Gasteiger partial charge in [-0.05, 0) is 64.4 Å². The number of benzene rings is 1. The normalized spacial score (nSPS) is 22.5. The molecule has 2 N–H and O–H groups in total. The maximum Gasteiger partial charge on any atom is 0.123 e. The van der Waals surface area contributed by atoms with Crippen molar-refractivity contribution in [1.82, 2.24) is 10.2 Å². The first-order valence-corrected chi connectivity index (χ1v) is 9.52. The Bertz CT molecular complexity index is 568.